The van der Waals surface area contributed by atoms with Gasteiger partial charge in [-0.15, -0.1) is 0 Å². The molecule has 0 aliphatic rings. The highest BCUT2D eigenvalue weighted by molar-refractivity contribution is 7.80. The Morgan fingerprint density at radius 2 is 1.89 bits per heavy atom. The molecule has 0 saturated carbocycles. The van der Waals surface area contributed by atoms with Crippen LogP contribution in [0.3, 0.4) is 0 Å². The molecule has 0 saturated heterocycles. The third-order valence-corrected chi connectivity index (χ3v) is 2.37. The van der Waals surface area contributed by atoms with Gasteiger partial charge in [-0.25, -0.2) is 23.1 Å². The number of nitrogens with zero attached hydrogens (tertiary/aromatic N) is 2. The molecule has 2 rings (SSSR count). The predicted molar refractivity (Wildman–Crippen MR) is 67.5 cm³/mol. The van der Waals surface area contributed by atoms with E-state index < -0.39 is 17.5 Å². The van der Waals surface area contributed by atoms with Crippen molar-refractivity contribution in [3.63, 3.8) is 0 Å². The molecule has 0 fully saturated rings. The molecule has 0 bridgehead atoms. The molecule has 19 heavy (non-hydrogen) atoms. The van der Waals surface area contributed by atoms with Gasteiger partial charge in [0.05, 0.1) is 18.1 Å². The molecular weight excluding hydrogens is 277 g/mol. The Balaban J connectivity index is 2.28. The zero-order valence-corrected chi connectivity index (χ0v) is 10.1. The van der Waals surface area contributed by atoms with Crippen molar-refractivity contribution >= 4 is 28.7 Å². The largest absolute Gasteiger partial charge is 0.388 e. The predicted octanol–water partition coefficient (Wildman–Crippen LogP) is 2.27. The number of benzene rings is 1. The second-order valence-corrected chi connectivity index (χ2v) is 3.97. The summed E-state index contributed by atoms with van der Waals surface area (Å²) in [6.45, 7) is 0. The number of hydrogen-bond donors (Lipinski definition) is 2. The molecule has 1 heterocycles. The van der Waals surface area contributed by atoms with Crippen molar-refractivity contribution in [3.05, 3.63) is 47.7 Å². The molecule has 4 nitrogen and oxygen atoms in total. The number of rotatable bonds is 3. The Labute approximate surface area is 111 Å². The summed E-state index contributed by atoms with van der Waals surface area (Å²) in [5, 5.41) is 2.41. The van der Waals surface area contributed by atoms with E-state index in [0.29, 0.717) is 6.07 Å². The molecule has 0 radical (unpaired) electrons. The number of anilines is 2. The van der Waals surface area contributed by atoms with Crippen LogP contribution in [0.4, 0.5) is 24.7 Å². The molecule has 0 atom stereocenters. The summed E-state index contributed by atoms with van der Waals surface area (Å²) >= 11 is 4.69. The number of thiocarbonyl (C=S) groups is 1. The molecule has 1 aromatic carbocycles. The van der Waals surface area contributed by atoms with E-state index in [-0.39, 0.29) is 22.2 Å². The maximum atomic E-state index is 13.4. The van der Waals surface area contributed by atoms with E-state index in [1.54, 1.807) is 0 Å². The van der Waals surface area contributed by atoms with Crippen LogP contribution in [-0.4, -0.2) is 15.0 Å². The van der Waals surface area contributed by atoms with Crippen LogP contribution in [0, 0.1) is 17.5 Å². The van der Waals surface area contributed by atoms with Crippen LogP contribution in [0.1, 0.15) is 5.69 Å². The first-order valence-electron chi connectivity index (χ1n) is 5.01. The number of hydrogen-bond acceptors (Lipinski definition) is 4. The molecule has 98 valence electrons. The minimum Gasteiger partial charge on any atom is -0.388 e. The molecule has 0 unspecified atom stereocenters. The quantitative estimate of drug-likeness (QED) is 0.668. The van der Waals surface area contributed by atoms with Gasteiger partial charge in [0.25, 0.3) is 0 Å². The minimum absolute atomic E-state index is 0.0574. The van der Waals surface area contributed by atoms with Crippen molar-refractivity contribution in [2.45, 2.75) is 0 Å². The van der Waals surface area contributed by atoms with Crippen LogP contribution >= 0.6 is 12.2 Å². The monoisotopic (exact) mass is 284 g/mol. The third-order valence-electron chi connectivity index (χ3n) is 2.16. The van der Waals surface area contributed by atoms with E-state index in [2.05, 4.69) is 27.5 Å². The summed E-state index contributed by atoms with van der Waals surface area (Å²) in [6, 6.07) is 1.25. The van der Waals surface area contributed by atoms with Gasteiger partial charge >= 0.3 is 0 Å². The van der Waals surface area contributed by atoms with Gasteiger partial charge in [0.2, 0.25) is 0 Å². The Bertz CT molecular complexity index is 631. The van der Waals surface area contributed by atoms with E-state index in [4.69, 9.17) is 5.73 Å². The van der Waals surface area contributed by atoms with Crippen LogP contribution in [0.5, 0.6) is 0 Å². The molecule has 0 amide bonds. The van der Waals surface area contributed by atoms with Gasteiger partial charge in [0.1, 0.15) is 22.3 Å². The van der Waals surface area contributed by atoms with E-state index in [9.17, 15) is 13.2 Å². The first-order chi connectivity index (χ1) is 8.97. The highest BCUT2D eigenvalue weighted by Gasteiger charge is 2.11. The van der Waals surface area contributed by atoms with Crippen LogP contribution < -0.4 is 11.1 Å². The van der Waals surface area contributed by atoms with E-state index >= 15 is 0 Å². The second-order valence-electron chi connectivity index (χ2n) is 3.53. The number of aromatic nitrogens is 2. The lowest BCUT2D eigenvalue weighted by atomic mass is 10.3. The minimum atomic E-state index is -1.30. The topological polar surface area (TPSA) is 63.8 Å². The normalized spacial score (nSPS) is 10.3. The summed E-state index contributed by atoms with van der Waals surface area (Å²) in [7, 11) is 0. The van der Waals surface area contributed by atoms with Crippen molar-refractivity contribution in [3.8, 4) is 0 Å². The van der Waals surface area contributed by atoms with Crippen molar-refractivity contribution in [2.24, 2.45) is 5.73 Å². The summed E-state index contributed by atoms with van der Waals surface area (Å²) in [5.74, 6) is -3.31. The number of nitrogens with one attached hydrogen (secondary N) is 1. The lowest BCUT2D eigenvalue weighted by Gasteiger charge is -2.07. The Hall–Kier alpha value is -2.22. The highest BCUT2D eigenvalue weighted by atomic mass is 32.1. The fraction of sp³-hybridized carbons (Fsp3) is 0. The first-order valence-corrected chi connectivity index (χ1v) is 5.41. The molecule has 0 spiro atoms. The Morgan fingerprint density at radius 1 is 1.16 bits per heavy atom. The van der Waals surface area contributed by atoms with Gasteiger partial charge in [-0.3, -0.25) is 0 Å². The fourth-order valence-electron chi connectivity index (χ4n) is 1.30. The molecular formula is C11H7F3N4S. The van der Waals surface area contributed by atoms with Gasteiger partial charge in [-0.2, -0.15) is 0 Å². The highest BCUT2D eigenvalue weighted by Crippen LogP contribution is 2.22. The molecule has 8 heteroatoms. The van der Waals surface area contributed by atoms with Gasteiger partial charge in [0.15, 0.2) is 11.6 Å². The van der Waals surface area contributed by atoms with Gasteiger partial charge in [-0.05, 0) is 0 Å². The van der Waals surface area contributed by atoms with Crippen molar-refractivity contribution in [1.29, 1.82) is 0 Å². The Kier molecular flexibility index (Phi) is 3.61. The summed E-state index contributed by atoms with van der Waals surface area (Å²) in [6.07, 6.45) is 2.48. The van der Waals surface area contributed by atoms with Gasteiger partial charge in [0, 0.05) is 12.1 Å². The average Bonchev–Trinajstić information content (AvgIpc) is 2.36. The summed E-state index contributed by atoms with van der Waals surface area (Å²) in [5.41, 5.74) is 5.23. The van der Waals surface area contributed by atoms with E-state index in [1.165, 1.54) is 12.4 Å². The molecule has 2 aromatic rings. The van der Waals surface area contributed by atoms with Crippen molar-refractivity contribution in [2.75, 3.05) is 5.32 Å². The van der Waals surface area contributed by atoms with Gasteiger partial charge < -0.3 is 11.1 Å². The lowest BCUT2D eigenvalue weighted by molar-refractivity contribution is 0.498. The maximum absolute atomic E-state index is 13.4. The van der Waals surface area contributed by atoms with Crippen LogP contribution in [0.2, 0.25) is 0 Å². The van der Waals surface area contributed by atoms with Crippen molar-refractivity contribution < 1.29 is 13.2 Å². The fourth-order valence-corrected chi connectivity index (χ4v) is 1.41. The first kappa shape index (κ1) is 13.2. The lowest BCUT2D eigenvalue weighted by Crippen LogP contribution is -2.12. The van der Waals surface area contributed by atoms with Crippen LogP contribution in [-0.2, 0) is 0 Å². The molecule has 1 aromatic heterocycles. The molecule has 3 N–H and O–H groups in total. The average molecular weight is 284 g/mol. The third kappa shape index (κ3) is 2.97. The zero-order chi connectivity index (χ0) is 14.0. The summed E-state index contributed by atoms with van der Waals surface area (Å²) < 4.78 is 39.3. The van der Waals surface area contributed by atoms with E-state index in [1.807, 2.05) is 0 Å². The molecule has 0 aliphatic heterocycles. The number of nitrogens with two attached hydrogens (primary N) is 1. The van der Waals surface area contributed by atoms with Crippen LogP contribution in [0.15, 0.2) is 24.5 Å². The Morgan fingerprint density at radius 3 is 2.47 bits per heavy atom. The summed E-state index contributed by atoms with van der Waals surface area (Å²) in [4.78, 5) is 7.75. The van der Waals surface area contributed by atoms with Crippen molar-refractivity contribution in [1.82, 2.24) is 9.97 Å². The number of halogens is 3. The van der Waals surface area contributed by atoms with E-state index in [0.717, 1.165) is 6.07 Å². The SMILES string of the molecule is NC(=S)c1cnc(Nc2cc(F)cc(F)c2F)cn1. The van der Waals surface area contributed by atoms with Gasteiger partial charge in [-0.1, -0.05) is 12.2 Å². The standard InChI is InChI=1S/C11H7F3N4S/c12-5-1-6(13)10(14)7(2-5)18-9-4-16-8(3-17-9)11(15)19/h1-4H,(H2,15,19)(H,17,18). The molecule has 0 aliphatic carbocycles. The van der Waals surface area contributed by atoms with Crippen LogP contribution in [0.25, 0.3) is 0 Å². The second kappa shape index (κ2) is 5.19. The smallest absolute Gasteiger partial charge is 0.182 e. The maximum Gasteiger partial charge on any atom is 0.182 e. The zero-order valence-electron chi connectivity index (χ0n) is 9.32.